The van der Waals surface area contributed by atoms with Crippen LogP contribution in [0.25, 0.3) is 10.9 Å². The number of carbonyl (C=O) groups is 7. The van der Waals surface area contributed by atoms with Gasteiger partial charge in [0.15, 0.2) is 5.95 Å². The van der Waals surface area contributed by atoms with E-state index in [1.165, 1.54) is 39.2 Å². The Labute approximate surface area is 537 Å². The van der Waals surface area contributed by atoms with Crippen molar-refractivity contribution in [2.45, 2.75) is 82.8 Å². The van der Waals surface area contributed by atoms with Crippen molar-refractivity contribution in [1.82, 2.24) is 65.4 Å². The van der Waals surface area contributed by atoms with Crippen LogP contribution in [0.4, 0.5) is 5.95 Å². The van der Waals surface area contributed by atoms with Gasteiger partial charge >= 0.3 is 11.9 Å². The SMILES string of the molecule is CCN1CCN(C)CCN(CC(=O)O)CCN(CC(=O)N[C@H](CCC(=O)NC)C(=O)NCCCOCCOCCOCCCNC(=O)CCCOc2cc(C)c(S(=O)(=O)NC(CNC(=O)c3cn(C)c4cc(CNc5ncc[nH]5)ccc4c3=O)C(=O)O)c(C)c2)CC1. The van der Waals surface area contributed by atoms with Crippen molar-refractivity contribution in [2.75, 3.05) is 157 Å². The Bertz CT molecular complexity index is 3180. The number of carboxylic acid groups (broad SMARTS) is 2. The Hall–Kier alpha value is -7.62. The van der Waals surface area contributed by atoms with Crippen LogP contribution in [0.15, 0.2) is 58.6 Å². The third-order valence-corrected chi connectivity index (χ3v) is 16.9. The van der Waals surface area contributed by atoms with Crippen LogP contribution in [0.1, 0.15) is 72.5 Å². The molecule has 31 heteroatoms. The van der Waals surface area contributed by atoms with Gasteiger partial charge in [-0.2, -0.15) is 4.72 Å². The molecule has 2 atom stereocenters. The maximum Gasteiger partial charge on any atom is 0.323 e. The number of carbonyl (C=O) groups excluding carboxylic acids is 5. The molecule has 0 aliphatic carbocycles. The quantitative estimate of drug-likeness (QED) is 0.0260. The van der Waals surface area contributed by atoms with Crippen LogP contribution in [0.5, 0.6) is 5.75 Å². The summed E-state index contributed by atoms with van der Waals surface area (Å²) < 4.78 is 53.8. The highest BCUT2D eigenvalue weighted by Crippen LogP contribution is 2.26. The molecule has 5 rings (SSSR count). The minimum absolute atomic E-state index is 0.00437. The lowest BCUT2D eigenvalue weighted by Crippen LogP contribution is -2.52. The van der Waals surface area contributed by atoms with Crippen LogP contribution in [-0.4, -0.2) is 258 Å². The standard InChI is InChI=1S/C61H94N14O16S/c1-7-73-22-20-71(5)21-23-75(42-55(79)80)27-26-74(25-24-73)41-54(78)69-49(14-15-52(76)62-4)59(83)64-17-10-29-89-32-34-90-33-31-88-28-9-16-63-53(77)11-8-30-91-46-35-43(2)57(44(3)36-46)92(86,87)70-50(60(84)85)39-67-58(82)48-40-72(6)51-37-45(12-13-47(51)56(48)81)38-68-61-65-18-19-66-61/h12-13,18-19,35-37,40,49-50,70H,7-11,14-17,20-34,38-39,41-42H2,1-6H3,(H,62,76)(H,63,77)(H,64,83)(H,67,82)(H,69,78)(H,79,80)(H,84,85)(H2,65,66,68)/t49-,50?/m1/s1. The van der Waals surface area contributed by atoms with E-state index in [9.17, 15) is 57.0 Å². The van der Waals surface area contributed by atoms with E-state index < -0.39 is 57.8 Å². The van der Waals surface area contributed by atoms with E-state index >= 15 is 0 Å². The van der Waals surface area contributed by atoms with Crippen LogP contribution in [0.3, 0.4) is 0 Å². The molecule has 0 saturated carbocycles. The average molecular weight is 1310 g/mol. The summed E-state index contributed by atoms with van der Waals surface area (Å²) in [6, 6.07) is 5.37. The predicted molar refractivity (Wildman–Crippen MR) is 343 cm³/mol. The number of H-pyrrole nitrogens is 1. The molecule has 2 aromatic carbocycles. The molecule has 510 valence electrons. The maximum absolute atomic E-state index is 13.6. The average Bonchev–Trinajstić information content (AvgIpc) is 0.851. The van der Waals surface area contributed by atoms with Gasteiger partial charge in [0.1, 0.15) is 23.4 Å². The summed E-state index contributed by atoms with van der Waals surface area (Å²) in [5.41, 5.74) is 1.09. The zero-order valence-electron chi connectivity index (χ0n) is 53.8. The van der Waals surface area contributed by atoms with Gasteiger partial charge in [0, 0.05) is 143 Å². The second-order valence-corrected chi connectivity index (χ2v) is 24.0. The zero-order chi connectivity index (χ0) is 67.0. The van der Waals surface area contributed by atoms with Gasteiger partial charge in [0.2, 0.25) is 39.1 Å². The summed E-state index contributed by atoms with van der Waals surface area (Å²) in [7, 11) is 0.729. The number of amides is 5. The molecule has 10 N–H and O–H groups in total. The molecule has 4 aromatic rings. The van der Waals surface area contributed by atoms with Gasteiger partial charge in [-0.15, -0.1) is 0 Å². The van der Waals surface area contributed by atoms with E-state index in [4.69, 9.17) is 18.9 Å². The molecule has 3 heterocycles. The number of aromatic amines is 1. The third kappa shape index (κ3) is 26.5. The molecule has 2 aromatic heterocycles. The van der Waals surface area contributed by atoms with Crippen molar-refractivity contribution in [3.05, 3.63) is 81.4 Å². The van der Waals surface area contributed by atoms with Crippen molar-refractivity contribution in [1.29, 1.82) is 0 Å². The third-order valence-electron chi connectivity index (χ3n) is 15.2. The first kappa shape index (κ1) is 75.1. The maximum atomic E-state index is 13.6. The molecule has 0 spiro atoms. The number of likely N-dealkylation sites (N-methyl/N-ethyl adjacent to an activating group) is 2. The normalized spacial score (nSPS) is 14.7. The van der Waals surface area contributed by atoms with Crippen LogP contribution >= 0.6 is 0 Å². The van der Waals surface area contributed by atoms with E-state index in [0.29, 0.717) is 122 Å². The lowest BCUT2D eigenvalue weighted by atomic mass is 10.1. The van der Waals surface area contributed by atoms with Gasteiger partial charge in [0.05, 0.1) is 56.5 Å². The summed E-state index contributed by atoms with van der Waals surface area (Å²) >= 11 is 0. The molecule has 92 heavy (non-hydrogen) atoms. The Kier molecular flexibility index (Phi) is 32.4. The first-order chi connectivity index (χ1) is 44.1. The monoisotopic (exact) mass is 1310 g/mol. The lowest BCUT2D eigenvalue weighted by molar-refractivity contribution is -0.139. The molecule has 5 amide bonds. The lowest BCUT2D eigenvalue weighted by Gasteiger charge is -2.32. The second-order valence-electron chi connectivity index (χ2n) is 22.4. The molecule has 1 fully saturated rings. The Morgan fingerprint density at radius 1 is 0.717 bits per heavy atom. The second kappa shape index (κ2) is 39.7. The number of nitrogens with zero attached hydrogens (tertiary/aromatic N) is 6. The number of rotatable bonds is 39. The van der Waals surface area contributed by atoms with Crippen molar-refractivity contribution < 1.29 is 71.1 Å². The van der Waals surface area contributed by atoms with Gasteiger partial charge in [0.25, 0.3) is 5.91 Å². The summed E-state index contributed by atoms with van der Waals surface area (Å²) in [5, 5.41) is 36.3. The number of ether oxygens (including phenoxy) is 4. The van der Waals surface area contributed by atoms with Gasteiger partial charge in [-0.05, 0) is 94.1 Å². The highest BCUT2D eigenvalue weighted by Gasteiger charge is 2.30. The molecule has 30 nitrogen and oxygen atoms in total. The fourth-order valence-corrected chi connectivity index (χ4v) is 11.7. The van der Waals surface area contributed by atoms with Crippen molar-refractivity contribution in [2.24, 2.45) is 7.05 Å². The number of pyridine rings is 1. The van der Waals surface area contributed by atoms with E-state index in [0.717, 1.165) is 31.7 Å². The molecule has 1 unspecified atom stereocenters. The molecule has 1 aliphatic rings. The highest BCUT2D eigenvalue weighted by molar-refractivity contribution is 7.89. The van der Waals surface area contributed by atoms with E-state index in [2.05, 4.69) is 63.3 Å². The number of sulfonamides is 1. The summed E-state index contributed by atoms with van der Waals surface area (Å²) in [6.45, 7) is 13.7. The minimum Gasteiger partial charge on any atom is -0.494 e. The summed E-state index contributed by atoms with van der Waals surface area (Å²) in [5.74, 6) is -3.66. The van der Waals surface area contributed by atoms with Crippen LogP contribution in [0.2, 0.25) is 0 Å². The largest absolute Gasteiger partial charge is 0.494 e. The zero-order valence-corrected chi connectivity index (χ0v) is 54.6. The Morgan fingerprint density at radius 2 is 1.34 bits per heavy atom. The van der Waals surface area contributed by atoms with Crippen LogP contribution < -0.4 is 46.8 Å². The van der Waals surface area contributed by atoms with Gasteiger partial charge in [-0.1, -0.05) is 13.0 Å². The number of benzene rings is 2. The first-order valence-corrected chi connectivity index (χ1v) is 32.5. The van der Waals surface area contributed by atoms with Crippen molar-refractivity contribution in [3.8, 4) is 5.75 Å². The number of aromatic nitrogens is 3. The highest BCUT2D eigenvalue weighted by atomic mass is 32.2. The number of hydrogen-bond donors (Lipinski definition) is 10. The van der Waals surface area contributed by atoms with Gasteiger partial charge in [-0.3, -0.25) is 48.2 Å². The number of nitrogens with one attached hydrogen (secondary N) is 8. The molecular formula is C61H94N14O16S. The number of hydrogen-bond acceptors (Lipinski definition) is 20. The van der Waals surface area contributed by atoms with Crippen molar-refractivity contribution >= 4 is 68.3 Å². The van der Waals surface area contributed by atoms with E-state index in [1.807, 2.05) is 16.8 Å². The first-order valence-electron chi connectivity index (χ1n) is 31.0. The summed E-state index contributed by atoms with van der Waals surface area (Å²) in [6.07, 6.45) is 6.36. The molecule has 0 radical (unpaired) electrons. The number of carboxylic acids is 2. The van der Waals surface area contributed by atoms with E-state index in [1.54, 1.807) is 42.2 Å². The van der Waals surface area contributed by atoms with E-state index in [-0.39, 0.29) is 90.2 Å². The molecule has 1 aliphatic heterocycles. The number of fused-ring (bicyclic) bond motifs is 1. The van der Waals surface area contributed by atoms with Crippen LogP contribution in [-0.2, 0) is 66.6 Å². The van der Waals surface area contributed by atoms with Crippen LogP contribution in [0, 0.1) is 13.8 Å². The molecule has 1 saturated heterocycles. The Morgan fingerprint density at radius 3 is 1.96 bits per heavy atom. The number of anilines is 1. The van der Waals surface area contributed by atoms with Gasteiger partial charge < -0.3 is 80.4 Å². The topological polar surface area (TPSA) is 379 Å². The smallest absolute Gasteiger partial charge is 0.323 e. The van der Waals surface area contributed by atoms with Gasteiger partial charge in [-0.25, -0.2) is 13.4 Å². The molecular weight excluding hydrogens is 1220 g/mol. The number of aryl methyl sites for hydroxylation is 3. The molecule has 0 bridgehead atoms. The van der Waals surface area contributed by atoms with Crippen molar-refractivity contribution in [3.63, 3.8) is 0 Å². The summed E-state index contributed by atoms with van der Waals surface area (Å²) in [4.78, 5) is 117. The predicted octanol–water partition coefficient (Wildman–Crippen LogP) is -0.160. The fraction of sp³-hybridized carbons (Fsp3) is 0.590. The fourth-order valence-electron chi connectivity index (χ4n) is 10.0. The number of aliphatic carboxylic acids is 2. The number of imidazole rings is 1. The minimum atomic E-state index is -4.46. The Balaban J connectivity index is 0.907.